The lowest BCUT2D eigenvalue weighted by Crippen LogP contribution is -2.20. The van der Waals surface area contributed by atoms with E-state index in [1.807, 2.05) is 4.90 Å². The van der Waals surface area contributed by atoms with Crippen LogP contribution in [-0.2, 0) is 0 Å². The first kappa shape index (κ1) is 19.1. The first-order valence-corrected chi connectivity index (χ1v) is 8.58. The fourth-order valence-electron chi connectivity index (χ4n) is 3.14. The third kappa shape index (κ3) is 3.85. The number of methoxy groups -OCH3 is 1. The number of ether oxygens (including phenoxy) is 1. The number of nitrogens with one attached hydrogen (secondary N) is 1. The average molecular weight is 386 g/mol. The van der Waals surface area contributed by atoms with Gasteiger partial charge < -0.3 is 15.0 Å². The number of hydrogen-bond donors (Lipinski definition) is 1. The van der Waals surface area contributed by atoms with E-state index in [1.54, 1.807) is 6.07 Å². The van der Waals surface area contributed by atoms with Gasteiger partial charge in [-0.1, -0.05) is 0 Å². The molecular weight excluding hydrogens is 368 g/mol. The molecule has 28 heavy (non-hydrogen) atoms. The highest BCUT2D eigenvalue weighted by molar-refractivity contribution is 6.06. The Hall–Kier alpha value is -3.69. The topological polar surface area (TPSA) is 128 Å². The Morgan fingerprint density at radius 1 is 1.07 bits per heavy atom. The van der Waals surface area contributed by atoms with Crippen LogP contribution >= 0.6 is 0 Å². The second kappa shape index (κ2) is 7.91. The molecule has 3 rings (SSSR count). The van der Waals surface area contributed by atoms with E-state index in [0.717, 1.165) is 25.9 Å². The smallest absolute Gasteiger partial charge is 0.293 e. The SMILES string of the molecule is COc1ccc([N+](=O)[O-])cc1NC(=O)c1ccc(N2CCCC2)c([N+](=O)[O-])c1. The number of amides is 1. The summed E-state index contributed by atoms with van der Waals surface area (Å²) >= 11 is 0. The molecule has 0 bridgehead atoms. The summed E-state index contributed by atoms with van der Waals surface area (Å²) in [6.45, 7) is 1.47. The highest BCUT2D eigenvalue weighted by Crippen LogP contribution is 2.33. The second-order valence-corrected chi connectivity index (χ2v) is 6.25. The minimum absolute atomic E-state index is 0.0724. The van der Waals surface area contributed by atoms with Crippen molar-refractivity contribution in [1.29, 1.82) is 0 Å². The normalized spacial score (nSPS) is 13.2. The van der Waals surface area contributed by atoms with Gasteiger partial charge in [0, 0.05) is 36.9 Å². The van der Waals surface area contributed by atoms with Crippen molar-refractivity contribution in [3.63, 3.8) is 0 Å². The number of carbonyl (C=O) groups is 1. The lowest BCUT2D eigenvalue weighted by molar-refractivity contribution is -0.384. The van der Waals surface area contributed by atoms with Gasteiger partial charge in [-0.05, 0) is 31.0 Å². The zero-order chi connectivity index (χ0) is 20.3. The highest BCUT2D eigenvalue weighted by atomic mass is 16.6. The van der Waals surface area contributed by atoms with Crippen molar-refractivity contribution in [2.24, 2.45) is 0 Å². The maximum absolute atomic E-state index is 12.6. The summed E-state index contributed by atoms with van der Waals surface area (Å²) in [5.74, 6) is -0.392. The molecule has 2 aromatic carbocycles. The Bertz CT molecular complexity index is 940. The molecule has 0 aromatic heterocycles. The van der Waals surface area contributed by atoms with Crippen molar-refractivity contribution in [2.45, 2.75) is 12.8 Å². The summed E-state index contributed by atoms with van der Waals surface area (Å²) in [5, 5.41) is 25.0. The number of anilines is 2. The number of carbonyl (C=O) groups excluding carboxylic acids is 1. The first-order valence-electron chi connectivity index (χ1n) is 8.58. The molecule has 1 fully saturated rings. The van der Waals surface area contributed by atoms with Crippen molar-refractivity contribution in [3.05, 3.63) is 62.2 Å². The average Bonchev–Trinajstić information content (AvgIpc) is 3.21. The van der Waals surface area contributed by atoms with Gasteiger partial charge in [-0.25, -0.2) is 0 Å². The number of rotatable bonds is 6. The van der Waals surface area contributed by atoms with Crippen LogP contribution in [0.3, 0.4) is 0 Å². The summed E-state index contributed by atoms with van der Waals surface area (Å²) in [5.41, 5.74) is 0.287. The van der Waals surface area contributed by atoms with Gasteiger partial charge in [0.15, 0.2) is 0 Å². The van der Waals surface area contributed by atoms with Crippen molar-refractivity contribution < 1.29 is 19.4 Å². The molecule has 1 amide bonds. The molecule has 0 atom stereocenters. The molecule has 146 valence electrons. The molecule has 10 nitrogen and oxygen atoms in total. The zero-order valence-electron chi connectivity index (χ0n) is 15.1. The summed E-state index contributed by atoms with van der Waals surface area (Å²) in [6.07, 6.45) is 1.93. The quantitative estimate of drug-likeness (QED) is 0.595. The minimum atomic E-state index is -0.630. The van der Waals surface area contributed by atoms with Crippen LogP contribution in [0.1, 0.15) is 23.2 Å². The maximum atomic E-state index is 12.6. The van der Waals surface area contributed by atoms with Gasteiger partial charge in [0.2, 0.25) is 0 Å². The lowest BCUT2D eigenvalue weighted by Gasteiger charge is -2.18. The van der Waals surface area contributed by atoms with Crippen molar-refractivity contribution in [2.75, 3.05) is 30.4 Å². The van der Waals surface area contributed by atoms with Gasteiger partial charge in [0.05, 0.1) is 22.6 Å². The van der Waals surface area contributed by atoms with E-state index in [2.05, 4.69) is 5.32 Å². The Kier molecular flexibility index (Phi) is 5.39. The van der Waals surface area contributed by atoms with Crippen LogP contribution in [0.15, 0.2) is 36.4 Å². The second-order valence-electron chi connectivity index (χ2n) is 6.25. The molecule has 0 spiro atoms. The number of benzene rings is 2. The van der Waals surface area contributed by atoms with Crippen LogP contribution in [0.4, 0.5) is 22.7 Å². The lowest BCUT2D eigenvalue weighted by atomic mass is 10.1. The van der Waals surface area contributed by atoms with E-state index >= 15 is 0 Å². The molecular formula is C18H18N4O6. The number of nitro groups is 2. The number of nitrogens with zero attached hydrogens (tertiary/aromatic N) is 3. The predicted octanol–water partition coefficient (Wildman–Crippen LogP) is 3.36. The van der Waals surface area contributed by atoms with Crippen molar-refractivity contribution in [1.82, 2.24) is 0 Å². The number of nitro benzene ring substituents is 2. The fraction of sp³-hybridized carbons (Fsp3) is 0.278. The summed E-state index contributed by atoms with van der Waals surface area (Å²) in [4.78, 5) is 35.9. The standard InChI is InChI=1S/C18H18N4O6/c1-28-17-7-5-13(21(24)25)11-14(17)19-18(23)12-4-6-15(16(10-12)22(26)27)20-8-2-3-9-20/h4-7,10-11H,2-3,8-9H2,1H3,(H,19,23). The molecule has 2 aromatic rings. The molecule has 1 saturated heterocycles. The summed E-state index contributed by atoms with van der Waals surface area (Å²) in [7, 11) is 1.37. The van der Waals surface area contributed by atoms with Crippen molar-refractivity contribution >= 4 is 28.7 Å². The fourth-order valence-corrected chi connectivity index (χ4v) is 3.14. The molecule has 1 heterocycles. The first-order chi connectivity index (χ1) is 13.4. The van der Waals surface area contributed by atoms with E-state index in [4.69, 9.17) is 4.74 Å². The molecule has 0 unspecified atom stereocenters. The monoisotopic (exact) mass is 386 g/mol. The molecule has 1 aliphatic heterocycles. The molecule has 0 aliphatic carbocycles. The maximum Gasteiger partial charge on any atom is 0.293 e. The molecule has 1 aliphatic rings. The van der Waals surface area contributed by atoms with Crippen LogP contribution in [-0.4, -0.2) is 36.0 Å². The Morgan fingerprint density at radius 2 is 1.79 bits per heavy atom. The third-order valence-corrected chi connectivity index (χ3v) is 4.52. The summed E-state index contributed by atoms with van der Waals surface area (Å²) < 4.78 is 5.11. The van der Waals surface area contributed by atoms with Gasteiger partial charge in [0.25, 0.3) is 17.3 Å². The molecule has 0 radical (unpaired) electrons. The van der Waals surface area contributed by atoms with E-state index in [0.29, 0.717) is 5.69 Å². The van der Waals surface area contributed by atoms with E-state index in [1.165, 1.54) is 37.4 Å². The van der Waals surface area contributed by atoms with Gasteiger partial charge in [-0.15, -0.1) is 0 Å². The Balaban J connectivity index is 1.90. The molecule has 0 saturated carbocycles. The highest BCUT2D eigenvalue weighted by Gasteiger charge is 2.24. The Labute approximate surface area is 160 Å². The number of hydrogen-bond acceptors (Lipinski definition) is 7. The summed E-state index contributed by atoms with van der Waals surface area (Å²) in [6, 6.07) is 8.07. The Morgan fingerprint density at radius 3 is 2.39 bits per heavy atom. The van der Waals surface area contributed by atoms with Crippen LogP contribution in [0.25, 0.3) is 0 Å². The number of non-ortho nitro benzene ring substituents is 1. The van der Waals surface area contributed by atoms with Crippen LogP contribution in [0.5, 0.6) is 5.75 Å². The van der Waals surface area contributed by atoms with Gasteiger partial charge in [0.1, 0.15) is 11.4 Å². The van der Waals surface area contributed by atoms with Gasteiger partial charge in [-0.2, -0.15) is 0 Å². The predicted molar refractivity (Wildman–Crippen MR) is 102 cm³/mol. The molecule has 10 heteroatoms. The molecule has 1 N–H and O–H groups in total. The van der Waals surface area contributed by atoms with Gasteiger partial charge >= 0.3 is 0 Å². The van der Waals surface area contributed by atoms with E-state index < -0.39 is 15.8 Å². The van der Waals surface area contributed by atoms with E-state index in [-0.39, 0.29) is 28.4 Å². The van der Waals surface area contributed by atoms with Crippen LogP contribution < -0.4 is 15.0 Å². The largest absolute Gasteiger partial charge is 0.495 e. The third-order valence-electron chi connectivity index (χ3n) is 4.52. The van der Waals surface area contributed by atoms with Crippen LogP contribution in [0.2, 0.25) is 0 Å². The minimum Gasteiger partial charge on any atom is -0.495 e. The zero-order valence-corrected chi connectivity index (χ0v) is 15.1. The van der Waals surface area contributed by atoms with Crippen LogP contribution in [0, 0.1) is 20.2 Å². The van der Waals surface area contributed by atoms with Gasteiger partial charge in [-0.3, -0.25) is 25.0 Å². The van der Waals surface area contributed by atoms with E-state index in [9.17, 15) is 25.0 Å². The van der Waals surface area contributed by atoms with Crippen molar-refractivity contribution in [3.8, 4) is 5.75 Å².